The molecule has 0 aliphatic carbocycles. The summed E-state index contributed by atoms with van der Waals surface area (Å²) < 4.78 is 6.00. The van der Waals surface area contributed by atoms with Crippen molar-refractivity contribution in [2.24, 2.45) is 0 Å². The molecule has 0 unspecified atom stereocenters. The number of nitrogens with one attached hydrogen (secondary N) is 1. The summed E-state index contributed by atoms with van der Waals surface area (Å²) in [6.45, 7) is 8.46. The highest BCUT2D eigenvalue weighted by atomic mass is 16.5. The van der Waals surface area contributed by atoms with Gasteiger partial charge in [-0.3, -0.25) is 4.79 Å². The molecule has 0 atom stereocenters. The van der Waals surface area contributed by atoms with Crippen molar-refractivity contribution < 1.29 is 9.53 Å². The molecule has 0 heterocycles. The summed E-state index contributed by atoms with van der Waals surface area (Å²) in [6, 6.07) is 12.1. The third-order valence-electron chi connectivity index (χ3n) is 4.61. The van der Waals surface area contributed by atoms with Gasteiger partial charge >= 0.3 is 0 Å². The predicted molar refractivity (Wildman–Crippen MR) is 101 cm³/mol. The molecule has 2 aromatic carbocycles. The molecule has 0 radical (unpaired) electrons. The van der Waals surface area contributed by atoms with Crippen molar-refractivity contribution in [3.63, 3.8) is 0 Å². The van der Waals surface area contributed by atoms with Gasteiger partial charge in [0.1, 0.15) is 5.75 Å². The predicted octanol–water partition coefficient (Wildman–Crippen LogP) is 5.33. The molecule has 1 N–H and O–H groups in total. The molecule has 2 rings (SSSR count). The summed E-state index contributed by atoms with van der Waals surface area (Å²) in [5.74, 6) is 0.897. The number of fused-ring (bicyclic) bond motifs is 1. The second-order valence-corrected chi connectivity index (χ2v) is 6.27. The monoisotopic (exact) mass is 327 g/mol. The lowest BCUT2D eigenvalue weighted by atomic mass is 10.1. The van der Waals surface area contributed by atoms with Crippen LogP contribution in [0.3, 0.4) is 0 Å². The standard InChI is InChI=1S/C21H29NO2/c1-5-18(6-2)22-21(23)17-10-9-16-14-20(12-11-15(16)13-17)24-19(7-3)8-4/h9-14,18-19H,5-8H2,1-4H3,(H,22,23). The second-order valence-electron chi connectivity index (χ2n) is 6.27. The van der Waals surface area contributed by atoms with E-state index in [0.717, 1.165) is 42.2 Å². The van der Waals surface area contributed by atoms with Crippen LogP contribution in [-0.2, 0) is 0 Å². The van der Waals surface area contributed by atoms with Gasteiger partial charge in [0.2, 0.25) is 0 Å². The summed E-state index contributed by atoms with van der Waals surface area (Å²) in [4.78, 5) is 12.4. The number of carbonyl (C=O) groups is 1. The van der Waals surface area contributed by atoms with E-state index < -0.39 is 0 Å². The second kappa shape index (κ2) is 8.72. The van der Waals surface area contributed by atoms with Crippen LogP contribution in [0.5, 0.6) is 5.75 Å². The molecule has 3 heteroatoms. The fourth-order valence-electron chi connectivity index (χ4n) is 2.85. The summed E-state index contributed by atoms with van der Waals surface area (Å²) in [6.07, 6.45) is 4.17. The Morgan fingerprint density at radius 3 is 2.17 bits per heavy atom. The Kier molecular flexibility index (Phi) is 6.65. The lowest BCUT2D eigenvalue weighted by Crippen LogP contribution is -2.33. The molecule has 0 fully saturated rings. The number of rotatable bonds is 8. The van der Waals surface area contributed by atoms with Crippen LogP contribution in [0.1, 0.15) is 63.7 Å². The molecular weight excluding hydrogens is 298 g/mol. The molecule has 0 saturated heterocycles. The van der Waals surface area contributed by atoms with Crippen LogP contribution in [0.25, 0.3) is 10.8 Å². The molecule has 0 aromatic heterocycles. The molecule has 0 aliphatic rings. The quantitative estimate of drug-likeness (QED) is 0.712. The molecule has 3 nitrogen and oxygen atoms in total. The van der Waals surface area contributed by atoms with E-state index in [4.69, 9.17) is 4.74 Å². The van der Waals surface area contributed by atoms with E-state index in [0.29, 0.717) is 5.56 Å². The van der Waals surface area contributed by atoms with Crippen LogP contribution in [0.15, 0.2) is 36.4 Å². The van der Waals surface area contributed by atoms with Crippen molar-refractivity contribution in [2.75, 3.05) is 0 Å². The van der Waals surface area contributed by atoms with Crippen molar-refractivity contribution in [3.05, 3.63) is 42.0 Å². The Bertz CT molecular complexity index is 673. The summed E-state index contributed by atoms with van der Waals surface area (Å²) in [7, 11) is 0. The van der Waals surface area contributed by atoms with Crippen molar-refractivity contribution >= 4 is 16.7 Å². The summed E-state index contributed by atoms with van der Waals surface area (Å²) >= 11 is 0. The fourth-order valence-corrected chi connectivity index (χ4v) is 2.85. The first kappa shape index (κ1) is 18.3. The third kappa shape index (κ3) is 4.50. The largest absolute Gasteiger partial charge is 0.490 e. The third-order valence-corrected chi connectivity index (χ3v) is 4.61. The topological polar surface area (TPSA) is 38.3 Å². The Morgan fingerprint density at radius 2 is 1.54 bits per heavy atom. The van der Waals surface area contributed by atoms with Crippen LogP contribution in [0.2, 0.25) is 0 Å². The number of ether oxygens (including phenoxy) is 1. The van der Waals surface area contributed by atoms with E-state index in [2.05, 4.69) is 39.1 Å². The SMILES string of the molecule is CCC(CC)NC(=O)c1ccc2cc(OC(CC)CC)ccc2c1. The maximum atomic E-state index is 12.4. The van der Waals surface area contributed by atoms with Gasteiger partial charge in [0.25, 0.3) is 5.91 Å². The van der Waals surface area contributed by atoms with E-state index >= 15 is 0 Å². The van der Waals surface area contributed by atoms with Gasteiger partial charge in [-0.05, 0) is 60.7 Å². The Morgan fingerprint density at radius 1 is 0.917 bits per heavy atom. The van der Waals surface area contributed by atoms with Crippen LogP contribution < -0.4 is 10.1 Å². The zero-order valence-electron chi connectivity index (χ0n) is 15.3. The van der Waals surface area contributed by atoms with Gasteiger partial charge in [0, 0.05) is 11.6 Å². The molecule has 0 saturated carbocycles. The maximum absolute atomic E-state index is 12.4. The van der Waals surface area contributed by atoms with Gasteiger partial charge in [-0.15, -0.1) is 0 Å². The average molecular weight is 327 g/mol. The van der Waals surface area contributed by atoms with Crippen LogP contribution in [0.4, 0.5) is 0 Å². The van der Waals surface area contributed by atoms with Gasteiger partial charge < -0.3 is 10.1 Å². The Balaban J connectivity index is 2.18. The van der Waals surface area contributed by atoms with Gasteiger partial charge in [-0.2, -0.15) is 0 Å². The highest BCUT2D eigenvalue weighted by Crippen LogP contribution is 2.24. The first-order chi connectivity index (χ1) is 11.6. The minimum Gasteiger partial charge on any atom is -0.490 e. The number of hydrogen-bond donors (Lipinski definition) is 1. The van der Waals surface area contributed by atoms with E-state index in [1.165, 1.54) is 0 Å². The molecule has 2 aromatic rings. The highest BCUT2D eigenvalue weighted by Gasteiger charge is 2.11. The zero-order valence-corrected chi connectivity index (χ0v) is 15.3. The minimum absolute atomic E-state index is 0.00274. The van der Waals surface area contributed by atoms with Gasteiger partial charge in [-0.1, -0.05) is 39.8 Å². The summed E-state index contributed by atoms with van der Waals surface area (Å²) in [5.41, 5.74) is 0.711. The van der Waals surface area contributed by atoms with Crippen molar-refractivity contribution in [2.45, 2.75) is 65.5 Å². The molecule has 1 amide bonds. The van der Waals surface area contributed by atoms with E-state index in [1.54, 1.807) is 0 Å². The molecule has 24 heavy (non-hydrogen) atoms. The Labute approximate surface area is 145 Å². The first-order valence-corrected chi connectivity index (χ1v) is 9.12. The van der Waals surface area contributed by atoms with Gasteiger partial charge in [0.05, 0.1) is 6.10 Å². The summed E-state index contributed by atoms with van der Waals surface area (Å²) in [5, 5.41) is 5.24. The molecule has 130 valence electrons. The normalized spacial score (nSPS) is 11.2. The maximum Gasteiger partial charge on any atom is 0.251 e. The van der Waals surface area contributed by atoms with Crippen LogP contribution in [0, 0.1) is 0 Å². The number of amides is 1. The molecule has 0 aliphatic heterocycles. The Hall–Kier alpha value is -2.03. The molecule has 0 spiro atoms. The fraction of sp³-hybridized carbons (Fsp3) is 0.476. The van der Waals surface area contributed by atoms with Gasteiger partial charge in [0.15, 0.2) is 0 Å². The van der Waals surface area contributed by atoms with Gasteiger partial charge in [-0.25, -0.2) is 0 Å². The van der Waals surface area contributed by atoms with Crippen LogP contribution in [-0.4, -0.2) is 18.1 Å². The average Bonchev–Trinajstić information content (AvgIpc) is 2.63. The number of carbonyl (C=O) groups excluding carboxylic acids is 1. The molecular formula is C21H29NO2. The van der Waals surface area contributed by atoms with Crippen molar-refractivity contribution in [3.8, 4) is 5.75 Å². The first-order valence-electron chi connectivity index (χ1n) is 9.12. The van der Waals surface area contributed by atoms with Crippen molar-refractivity contribution in [1.82, 2.24) is 5.32 Å². The lowest BCUT2D eigenvalue weighted by Gasteiger charge is -2.16. The van der Waals surface area contributed by atoms with E-state index in [1.807, 2.05) is 30.3 Å². The van der Waals surface area contributed by atoms with Crippen LogP contribution >= 0.6 is 0 Å². The molecule has 0 bridgehead atoms. The van der Waals surface area contributed by atoms with E-state index in [9.17, 15) is 4.79 Å². The lowest BCUT2D eigenvalue weighted by molar-refractivity contribution is 0.0935. The zero-order chi connectivity index (χ0) is 17.5. The van der Waals surface area contributed by atoms with Crippen molar-refractivity contribution in [1.29, 1.82) is 0 Å². The smallest absolute Gasteiger partial charge is 0.251 e. The van der Waals surface area contributed by atoms with E-state index in [-0.39, 0.29) is 18.1 Å². The number of benzene rings is 2. The number of hydrogen-bond acceptors (Lipinski definition) is 2. The minimum atomic E-state index is 0.00274. The highest BCUT2D eigenvalue weighted by molar-refractivity contribution is 5.98.